The van der Waals surface area contributed by atoms with Crippen molar-refractivity contribution in [2.45, 2.75) is 6.92 Å². The fraction of sp³-hybridized carbons (Fsp3) is 0.357. The highest BCUT2D eigenvalue weighted by molar-refractivity contribution is 7.99. The average molecular weight is 278 g/mol. The Kier molecular flexibility index (Phi) is 3.22. The summed E-state index contributed by atoms with van der Waals surface area (Å²) in [6.07, 6.45) is 0. The first-order chi connectivity index (χ1) is 9.18. The van der Waals surface area contributed by atoms with Crippen LogP contribution in [0.2, 0.25) is 0 Å². The molecule has 5 heteroatoms. The zero-order valence-electron chi connectivity index (χ0n) is 10.7. The van der Waals surface area contributed by atoms with Gasteiger partial charge >= 0.3 is 0 Å². The minimum absolute atomic E-state index is 0.0200. The number of thioether (sulfide) groups is 1. The maximum Gasteiger partial charge on any atom is 0.270 e. The number of rotatable bonds is 1. The Hall–Kier alpha value is -1.49. The maximum atomic E-state index is 13.7. The number of nitrogens with zero attached hydrogens (tertiary/aromatic N) is 1. The van der Waals surface area contributed by atoms with E-state index < -0.39 is 0 Å². The largest absolute Gasteiger partial charge is 0.348 e. The molecule has 0 unspecified atom stereocenters. The van der Waals surface area contributed by atoms with Gasteiger partial charge in [-0.2, -0.15) is 11.8 Å². The molecule has 0 saturated carbocycles. The highest BCUT2D eigenvalue weighted by Crippen LogP contribution is 2.25. The molecule has 1 aromatic heterocycles. The van der Waals surface area contributed by atoms with Gasteiger partial charge in [-0.25, -0.2) is 4.39 Å². The first-order valence-electron chi connectivity index (χ1n) is 6.32. The summed E-state index contributed by atoms with van der Waals surface area (Å²) in [7, 11) is 0. The molecule has 1 aromatic carbocycles. The number of carbonyl (C=O) groups excluding carboxylic acids is 1. The number of aromatic nitrogens is 1. The van der Waals surface area contributed by atoms with Crippen LogP contribution in [0.25, 0.3) is 10.9 Å². The molecule has 1 saturated heterocycles. The summed E-state index contributed by atoms with van der Waals surface area (Å²) >= 11 is 1.86. The van der Waals surface area contributed by atoms with Gasteiger partial charge in [-0.05, 0) is 18.6 Å². The van der Waals surface area contributed by atoms with E-state index in [1.165, 1.54) is 6.07 Å². The number of H-pyrrole nitrogens is 1. The monoisotopic (exact) mass is 278 g/mol. The SMILES string of the molecule is Cc1c(C(=O)N2CCSCC2)[nH]c2c(F)cccc12. The van der Waals surface area contributed by atoms with E-state index in [-0.39, 0.29) is 11.7 Å². The second-order valence-corrected chi connectivity index (χ2v) is 5.92. The molecule has 0 radical (unpaired) electrons. The highest BCUT2D eigenvalue weighted by Gasteiger charge is 2.23. The Labute approximate surface area is 115 Å². The lowest BCUT2D eigenvalue weighted by Gasteiger charge is -2.26. The molecule has 1 fully saturated rings. The Bertz CT molecular complexity index is 632. The van der Waals surface area contributed by atoms with E-state index in [1.807, 2.05) is 29.7 Å². The van der Waals surface area contributed by atoms with Crippen molar-refractivity contribution in [2.75, 3.05) is 24.6 Å². The standard InChI is InChI=1S/C14H15FN2OS/c1-9-10-3-2-4-11(15)13(10)16-12(9)14(18)17-5-7-19-8-6-17/h2-4,16H,5-8H2,1H3. The molecule has 1 N–H and O–H groups in total. The Morgan fingerprint density at radius 1 is 1.37 bits per heavy atom. The fourth-order valence-corrected chi connectivity index (χ4v) is 3.36. The Morgan fingerprint density at radius 2 is 2.11 bits per heavy atom. The number of aromatic amines is 1. The highest BCUT2D eigenvalue weighted by atomic mass is 32.2. The topological polar surface area (TPSA) is 36.1 Å². The number of para-hydroxylation sites is 1. The first-order valence-corrected chi connectivity index (χ1v) is 7.48. The Morgan fingerprint density at radius 3 is 2.79 bits per heavy atom. The smallest absolute Gasteiger partial charge is 0.270 e. The van der Waals surface area contributed by atoms with Crippen LogP contribution in [0.4, 0.5) is 4.39 Å². The second kappa shape index (κ2) is 4.89. The predicted molar refractivity (Wildman–Crippen MR) is 76.2 cm³/mol. The summed E-state index contributed by atoms with van der Waals surface area (Å²) < 4.78 is 13.7. The molecule has 0 aliphatic carbocycles. The van der Waals surface area contributed by atoms with Gasteiger partial charge in [0.1, 0.15) is 11.5 Å². The fourth-order valence-electron chi connectivity index (χ4n) is 2.46. The van der Waals surface area contributed by atoms with Crippen LogP contribution in [0.5, 0.6) is 0 Å². The van der Waals surface area contributed by atoms with Crippen molar-refractivity contribution in [1.82, 2.24) is 9.88 Å². The molecule has 0 bridgehead atoms. The maximum absolute atomic E-state index is 13.7. The van der Waals surface area contributed by atoms with E-state index in [9.17, 15) is 9.18 Å². The zero-order valence-corrected chi connectivity index (χ0v) is 11.5. The predicted octanol–water partition coefficient (Wildman–Crippen LogP) is 2.80. The summed E-state index contributed by atoms with van der Waals surface area (Å²) in [5, 5.41) is 0.787. The molecule has 2 heterocycles. The van der Waals surface area contributed by atoms with Crippen molar-refractivity contribution in [1.29, 1.82) is 0 Å². The molecule has 1 amide bonds. The molecule has 1 aliphatic heterocycles. The number of nitrogens with one attached hydrogen (secondary N) is 1. The van der Waals surface area contributed by atoms with Crippen molar-refractivity contribution < 1.29 is 9.18 Å². The van der Waals surface area contributed by atoms with Crippen LogP contribution in [0.15, 0.2) is 18.2 Å². The number of hydrogen-bond donors (Lipinski definition) is 1. The van der Waals surface area contributed by atoms with Crippen LogP contribution in [0.1, 0.15) is 16.1 Å². The van der Waals surface area contributed by atoms with Gasteiger partial charge in [0, 0.05) is 30.0 Å². The molecular weight excluding hydrogens is 263 g/mol. The number of hydrogen-bond acceptors (Lipinski definition) is 2. The lowest BCUT2D eigenvalue weighted by Crippen LogP contribution is -2.38. The van der Waals surface area contributed by atoms with Crippen LogP contribution in [-0.2, 0) is 0 Å². The third-order valence-electron chi connectivity index (χ3n) is 3.55. The lowest BCUT2D eigenvalue weighted by molar-refractivity contribution is 0.0766. The average Bonchev–Trinajstić information content (AvgIpc) is 2.78. The molecule has 100 valence electrons. The minimum atomic E-state index is -0.311. The van der Waals surface area contributed by atoms with Gasteiger partial charge < -0.3 is 9.88 Å². The van der Waals surface area contributed by atoms with Gasteiger partial charge in [-0.1, -0.05) is 12.1 Å². The van der Waals surface area contributed by atoms with Crippen LogP contribution in [0, 0.1) is 12.7 Å². The Balaban J connectivity index is 2.02. The molecule has 0 atom stereocenters. The third-order valence-corrected chi connectivity index (χ3v) is 4.50. The molecule has 3 nitrogen and oxygen atoms in total. The number of benzene rings is 1. The molecular formula is C14H15FN2OS. The van der Waals surface area contributed by atoms with Crippen molar-refractivity contribution in [2.24, 2.45) is 0 Å². The van der Waals surface area contributed by atoms with Crippen LogP contribution in [-0.4, -0.2) is 40.4 Å². The summed E-state index contributed by atoms with van der Waals surface area (Å²) in [6.45, 7) is 3.39. The van der Waals surface area contributed by atoms with Gasteiger partial charge in [0.05, 0.1) is 5.52 Å². The van der Waals surface area contributed by atoms with E-state index in [0.717, 1.165) is 35.5 Å². The number of halogens is 1. The van der Waals surface area contributed by atoms with E-state index in [2.05, 4.69) is 4.98 Å². The molecule has 3 rings (SSSR count). The summed E-state index contributed by atoms with van der Waals surface area (Å²) in [4.78, 5) is 17.3. The normalized spacial score (nSPS) is 16.0. The van der Waals surface area contributed by atoms with Gasteiger partial charge in [-0.3, -0.25) is 4.79 Å². The number of amides is 1. The van der Waals surface area contributed by atoms with E-state index >= 15 is 0 Å². The van der Waals surface area contributed by atoms with Gasteiger partial charge in [0.2, 0.25) is 0 Å². The van der Waals surface area contributed by atoms with Gasteiger partial charge in [0.25, 0.3) is 5.91 Å². The van der Waals surface area contributed by atoms with E-state index in [1.54, 1.807) is 6.07 Å². The molecule has 0 spiro atoms. The molecule has 19 heavy (non-hydrogen) atoms. The third kappa shape index (κ3) is 2.12. The first kappa shape index (κ1) is 12.5. The van der Waals surface area contributed by atoms with Crippen molar-refractivity contribution >= 4 is 28.6 Å². The van der Waals surface area contributed by atoms with Crippen LogP contribution >= 0.6 is 11.8 Å². The van der Waals surface area contributed by atoms with Gasteiger partial charge in [-0.15, -0.1) is 0 Å². The van der Waals surface area contributed by atoms with Crippen molar-refractivity contribution in [3.8, 4) is 0 Å². The van der Waals surface area contributed by atoms with Crippen molar-refractivity contribution in [3.63, 3.8) is 0 Å². The summed E-state index contributed by atoms with van der Waals surface area (Å²) in [5.74, 6) is 1.61. The quantitative estimate of drug-likeness (QED) is 0.870. The van der Waals surface area contributed by atoms with Crippen LogP contribution < -0.4 is 0 Å². The van der Waals surface area contributed by atoms with E-state index in [4.69, 9.17) is 0 Å². The van der Waals surface area contributed by atoms with E-state index in [0.29, 0.717) is 11.2 Å². The van der Waals surface area contributed by atoms with Crippen LogP contribution in [0.3, 0.4) is 0 Å². The molecule has 2 aromatic rings. The zero-order chi connectivity index (χ0) is 13.4. The second-order valence-electron chi connectivity index (χ2n) is 4.69. The molecule has 1 aliphatic rings. The lowest BCUT2D eigenvalue weighted by atomic mass is 10.1. The van der Waals surface area contributed by atoms with Gasteiger partial charge in [0.15, 0.2) is 0 Å². The minimum Gasteiger partial charge on any atom is -0.348 e. The number of aryl methyl sites for hydroxylation is 1. The number of fused-ring (bicyclic) bond motifs is 1. The van der Waals surface area contributed by atoms with Crippen molar-refractivity contribution in [3.05, 3.63) is 35.3 Å². The summed E-state index contributed by atoms with van der Waals surface area (Å²) in [6, 6.07) is 4.92. The number of carbonyl (C=O) groups is 1. The summed E-state index contributed by atoms with van der Waals surface area (Å²) in [5.41, 5.74) is 1.78.